The first kappa shape index (κ1) is 17.3. The normalized spacial score (nSPS) is 60.8. The molecule has 0 aromatic carbocycles. The SMILES string of the molecule is CC1CCC2CC1(C)CCC1C2CC[C@@]2(O)C(C)C(O)CCC12C. The third-order valence-corrected chi connectivity index (χ3v) is 9.99. The Bertz CT molecular complexity index is 504. The maximum atomic E-state index is 11.7. The van der Waals surface area contributed by atoms with Crippen LogP contribution in [0, 0.1) is 40.4 Å². The van der Waals surface area contributed by atoms with E-state index in [1.165, 1.54) is 38.5 Å². The van der Waals surface area contributed by atoms with E-state index in [0.29, 0.717) is 11.3 Å². The summed E-state index contributed by atoms with van der Waals surface area (Å²) in [5.74, 6) is 3.22. The van der Waals surface area contributed by atoms with Crippen LogP contribution in [0.4, 0.5) is 0 Å². The van der Waals surface area contributed by atoms with Gasteiger partial charge in [-0.3, -0.25) is 0 Å². The van der Waals surface area contributed by atoms with Gasteiger partial charge in [0.25, 0.3) is 0 Å². The van der Waals surface area contributed by atoms with Gasteiger partial charge in [0.05, 0.1) is 11.7 Å². The molecule has 2 bridgehead atoms. The van der Waals surface area contributed by atoms with Crippen LogP contribution in [0.5, 0.6) is 0 Å². The van der Waals surface area contributed by atoms with Crippen LogP contribution in [0.25, 0.3) is 0 Å². The lowest BCUT2D eigenvalue weighted by Gasteiger charge is -2.62. The first-order chi connectivity index (χ1) is 11.2. The number of hydrogen-bond acceptors (Lipinski definition) is 2. The van der Waals surface area contributed by atoms with E-state index in [1.54, 1.807) is 0 Å². The molecule has 0 aromatic heterocycles. The van der Waals surface area contributed by atoms with Gasteiger partial charge in [0, 0.05) is 5.92 Å². The first-order valence-corrected chi connectivity index (χ1v) is 10.6. The van der Waals surface area contributed by atoms with Crippen LogP contribution < -0.4 is 0 Å². The summed E-state index contributed by atoms with van der Waals surface area (Å²) in [5.41, 5.74) is -0.128. The van der Waals surface area contributed by atoms with Crippen molar-refractivity contribution in [3.63, 3.8) is 0 Å². The Morgan fingerprint density at radius 3 is 2.38 bits per heavy atom. The van der Waals surface area contributed by atoms with Crippen molar-refractivity contribution < 1.29 is 10.2 Å². The summed E-state index contributed by atoms with van der Waals surface area (Å²) in [4.78, 5) is 0. The highest BCUT2D eigenvalue weighted by Gasteiger charge is 2.63. The van der Waals surface area contributed by atoms with E-state index < -0.39 is 5.60 Å². The lowest BCUT2D eigenvalue weighted by Crippen LogP contribution is -2.64. The second kappa shape index (κ2) is 5.46. The molecular weight excluding hydrogens is 296 g/mol. The molecule has 0 heterocycles. The van der Waals surface area contributed by atoms with E-state index in [-0.39, 0.29) is 17.4 Å². The molecule has 8 unspecified atom stereocenters. The van der Waals surface area contributed by atoms with Crippen LogP contribution in [0.2, 0.25) is 0 Å². The van der Waals surface area contributed by atoms with Gasteiger partial charge in [-0.15, -0.1) is 0 Å². The van der Waals surface area contributed by atoms with Gasteiger partial charge in [0.1, 0.15) is 0 Å². The summed E-state index contributed by atoms with van der Waals surface area (Å²) in [5, 5.41) is 22.1. The van der Waals surface area contributed by atoms with Gasteiger partial charge in [0.15, 0.2) is 0 Å². The largest absolute Gasteiger partial charge is 0.393 e. The molecule has 0 aromatic rings. The van der Waals surface area contributed by atoms with Crippen molar-refractivity contribution in [3.05, 3.63) is 0 Å². The van der Waals surface area contributed by atoms with Crippen LogP contribution in [0.1, 0.15) is 85.5 Å². The second-order valence-corrected chi connectivity index (χ2v) is 10.7. The van der Waals surface area contributed by atoms with Crippen LogP contribution >= 0.6 is 0 Å². The molecule has 0 saturated heterocycles. The smallest absolute Gasteiger partial charge is 0.0753 e. The van der Waals surface area contributed by atoms with Gasteiger partial charge in [-0.1, -0.05) is 27.7 Å². The molecule has 4 aliphatic carbocycles. The van der Waals surface area contributed by atoms with Gasteiger partial charge in [-0.05, 0) is 92.3 Å². The third-order valence-electron chi connectivity index (χ3n) is 9.99. The molecule has 0 spiro atoms. The van der Waals surface area contributed by atoms with Crippen LogP contribution in [-0.4, -0.2) is 21.9 Å². The minimum atomic E-state index is -0.656. The number of aliphatic hydroxyl groups excluding tert-OH is 1. The first-order valence-electron chi connectivity index (χ1n) is 10.6. The summed E-state index contributed by atoms with van der Waals surface area (Å²) in [6.07, 6.45) is 10.5. The van der Waals surface area contributed by atoms with Crippen molar-refractivity contribution in [2.75, 3.05) is 0 Å². The molecular formula is C22H38O2. The fourth-order valence-corrected chi connectivity index (χ4v) is 7.84. The molecule has 0 amide bonds. The summed E-state index contributed by atoms with van der Waals surface area (Å²) in [6.45, 7) is 9.50. The highest BCUT2D eigenvalue weighted by molar-refractivity contribution is 5.13. The highest BCUT2D eigenvalue weighted by atomic mass is 16.3. The molecule has 4 saturated carbocycles. The van der Waals surface area contributed by atoms with E-state index in [2.05, 4.69) is 27.7 Å². The van der Waals surface area contributed by atoms with Crippen LogP contribution in [-0.2, 0) is 0 Å². The maximum Gasteiger partial charge on any atom is 0.0753 e. The minimum absolute atomic E-state index is 0.00560. The topological polar surface area (TPSA) is 40.5 Å². The Kier molecular flexibility index (Phi) is 3.94. The Morgan fingerprint density at radius 1 is 0.875 bits per heavy atom. The highest BCUT2D eigenvalue weighted by Crippen LogP contribution is 2.66. The summed E-state index contributed by atoms with van der Waals surface area (Å²) in [6, 6.07) is 0. The molecule has 24 heavy (non-hydrogen) atoms. The van der Waals surface area contributed by atoms with Crippen LogP contribution in [0.3, 0.4) is 0 Å². The number of rotatable bonds is 0. The Balaban J connectivity index is 1.70. The predicted molar refractivity (Wildman–Crippen MR) is 97.5 cm³/mol. The monoisotopic (exact) mass is 334 g/mol. The molecule has 9 atom stereocenters. The number of hydrogen-bond donors (Lipinski definition) is 2. The minimum Gasteiger partial charge on any atom is -0.393 e. The van der Waals surface area contributed by atoms with Gasteiger partial charge in [-0.25, -0.2) is 0 Å². The van der Waals surface area contributed by atoms with Crippen molar-refractivity contribution in [1.29, 1.82) is 0 Å². The lowest BCUT2D eigenvalue weighted by molar-refractivity contribution is -0.233. The van der Waals surface area contributed by atoms with Crippen LogP contribution in [0.15, 0.2) is 0 Å². The third kappa shape index (κ3) is 2.14. The predicted octanol–water partition coefficient (Wildman–Crippen LogP) is 4.78. The van der Waals surface area contributed by atoms with E-state index in [1.807, 2.05) is 0 Å². The van der Waals surface area contributed by atoms with E-state index in [9.17, 15) is 10.2 Å². The summed E-state index contributed by atoms with van der Waals surface area (Å²) in [7, 11) is 0. The van der Waals surface area contributed by atoms with Crippen molar-refractivity contribution in [2.24, 2.45) is 40.4 Å². The zero-order valence-electron chi connectivity index (χ0n) is 16.2. The number of aliphatic hydroxyl groups is 2. The Morgan fingerprint density at radius 2 is 1.62 bits per heavy atom. The molecule has 2 heteroatoms. The van der Waals surface area contributed by atoms with Gasteiger partial charge < -0.3 is 10.2 Å². The van der Waals surface area contributed by atoms with Crippen molar-refractivity contribution >= 4 is 0 Å². The van der Waals surface area contributed by atoms with Gasteiger partial charge in [-0.2, -0.15) is 0 Å². The molecule has 4 fully saturated rings. The van der Waals surface area contributed by atoms with E-state index in [4.69, 9.17) is 0 Å². The lowest BCUT2D eigenvalue weighted by atomic mass is 9.45. The summed E-state index contributed by atoms with van der Waals surface area (Å²) < 4.78 is 0. The average molecular weight is 335 g/mol. The Labute approximate surface area is 148 Å². The zero-order chi connectivity index (χ0) is 17.3. The number of fused-ring (bicyclic) bond motifs is 6. The van der Waals surface area contributed by atoms with E-state index >= 15 is 0 Å². The molecule has 0 radical (unpaired) electrons. The standard InChI is InChI=1S/C22H38O2/c1-14-5-6-16-13-20(14,3)10-8-18-17(16)7-12-22(24)15(2)19(23)9-11-21(18,22)4/h14-19,23-24H,5-13H2,1-4H3/t14?,15?,16?,17?,18?,19?,20?,21?,22-/m1/s1. The fourth-order valence-electron chi connectivity index (χ4n) is 7.84. The maximum absolute atomic E-state index is 11.7. The van der Waals surface area contributed by atoms with Gasteiger partial charge in [0.2, 0.25) is 0 Å². The quantitative estimate of drug-likeness (QED) is 0.669. The van der Waals surface area contributed by atoms with Crippen molar-refractivity contribution in [1.82, 2.24) is 0 Å². The molecule has 138 valence electrons. The molecule has 2 nitrogen and oxygen atoms in total. The van der Waals surface area contributed by atoms with E-state index in [0.717, 1.165) is 37.0 Å². The zero-order valence-corrected chi connectivity index (χ0v) is 16.2. The van der Waals surface area contributed by atoms with Crippen molar-refractivity contribution in [3.8, 4) is 0 Å². The van der Waals surface area contributed by atoms with Crippen molar-refractivity contribution in [2.45, 2.75) is 97.2 Å². The molecule has 4 aliphatic rings. The fraction of sp³-hybridized carbons (Fsp3) is 1.00. The average Bonchev–Trinajstić information content (AvgIpc) is 2.67. The molecule has 0 aliphatic heterocycles. The van der Waals surface area contributed by atoms with Gasteiger partial charge >= 0.3 is 0 Å². The molecule has 2 N–H and O–H groups in total. The second-order valence-electron chi connectivity index (χ2n) is 10.7. The molecule has 4 rings (SSSR count). The Hall–Kier alpha value is -0.0800. The summed E-state index contributed by atoms with van der Waals surface area (Å²) >= 11 is 0.